The van der Waals surface area contributed by atoms with Gasteiger partial charge >= 0.3 is 12.3 Å². The van der Waals surface area contributed by atoms with Crippen LogP contribution in [0.1, 0.15) is 46.5 Å². The molecule has 8 nitrogen and oxygen atoms in total. The Labute approximate surface area is 229 Å². The first kappa shape index (κ1) is 29.1. The Bertz CT molecular complexity index is 911. The van der Waals surface area contributed by atoms with Crippen LogP contribution < -0.4 is 0 Å². The quantitative estimate of drug-likeness (QED) is 0.315. The number of likely N-dealkylation sites (tertiary alicyclic amines) is 1. The normalized spacial score (nSPS) is 37.5. The Kier molecular flexibility index (Phi) is 8.29. The van der Waals surface area contributed by atoms with Gasteiger partial charge in [0.15, 0.2) is 0 Å². The van der Waals surface area contributed by atoms with E-state index in [2.05, 4.69) is 31.7 Å². The highest BCUT2D eigenvalue weighted by Crippen LogP contribution is 2.59. The van der Waals surface area contributed by atoms with Crippen molar-refractivity contribution in [2.24, 2.45) is 11.8 Å². The summed E-state index contributed by atoms with van der Waals surface area (Å²) in [6.45, 7) is 10.5. The SMILES string of the molecule is CO[C@@H]1[C@H](OC(=O)N2CC(CCN3CCN(CC(F)(F)F)CC3)C2)CC[C@]2(CO2)[C@H]1[C@@]1(C)O[C@@H]1CC=C(C)C. The lowest BCUT2D eigenvalue weighted by molar-refractivity contribution is -0.149. The van der Waals surface area contributed by atoms with Crippen molar-refractivity contribution >= 4 is 6.09 Å². The Morgan fingerprint density at radius 2 is 1.79 bits per heavy atom. The van der Waals surface area contributed by atoms with Crippen molar-refractivity contribution in [2.75, 3.05) is 66.1 Å². The fraction of sp³-hybridized carbons (Fsp3) is 0.893. The second kappa shape index (κ2) is 11.1. The number of hydrogen-bond acceptors (Lipinski definition) is 7. The van der Waals surface area contributed by atoms with Gasteiger partial charge in [0.2, 0.25) is 0 Å². The van der Waals surface area contributed by atoms with Crippen molar-refractivity contribution in [1.29, 1.82) is 0 Å². The van der Waals surface area contributed by atoms with Gasteiger partial charge in [0.25, 0.3) is 0 Å². The van der Waals surface area contributed by atoms with Gasteiger partial charge < -0.3 is 28.7 Å². The summed E-state index contributed by atoms with van der Waals surface area (Å²) in [4.78, 5) is 18.5. The summed E-state index contributed by atoms with van der Waals surface area (Å²) < 4.78 is 62.0. The molecule has 222 valence electrons. The number of halogens is 3. The van der Waals surface area contributed by atoms with Crippen LogP contribution in [0, 0.1) is 11.8 Å². The predicted molar refractivity (Wildman–Crippen MR) is 138 cm³/mol. The summed E-state index contributed by atoms with van der Waals surface area (Å²) in [6.07, 6.45) is 0.533. The molecule has 0 aromatic rings. The van der Waals surface area contributed by atoms with E-state index in [1.807, 2.05) is 0 Å². The molecular formula is C28H44F3N3O5. The third-order valence-corrected chi connectivity index (χ3v) is 9.43. The van der Waals surface area contributed by atoms with Crippen LogP contribution in [0.15, 0.2) is 11.6 Å². The van der Waals surface area contributed by atoms with E-state index >= 15 is 0 Å². The maximum Gasteiger partial charge on any atom is 0.410 e. The number of amides is 1. The number of piperazine rings is 1. The minimum Gasteiger partial charge on any atom is -0.443 e. The van der Waals surface area contributed by atoms with Crippen LogP contribution in [0.25, 0.3) is 0 Å². The molecule has 0 aromatic carbocycles. The predicted octanol–water partition coefficient (Wildman–Crippen LogP) is 3.70. The molecule has 1 amide bonds. The molecule has 1 aliphatic carbocycles. The van der Waals surface area contributed by atoms with Crippen LogP contribution in [0.3, 0.4) is 0 Å². The van der Waals surface area contributed by atoms with Gasteiger partial charge in [-0.3, -0.25) is 4.90 Å². The van der Waals surface area contributed by atoms with Crippen molar-refractivity contribution < 1.29 is 36.9 Å². The number of rotatable bonds is 9. The molecular weight excluding hydrogens is 515 g/mol. The van der Waals surface area contributed by atoms with Gasteiger partial charge in [0.05, 0.1) is 25.2 Å². The first-order chi connectivity index (χ1) is 18.4. The van der Waals surface area contributed by atoms with Gasteiger partial charge in [0.1, 0.15) is 23.4 Å². The fourth-order valence-corrected chi connectivity index (χ4v) is 6.97. The van der Waals surface area contributed by atoms with E-state index < -0.39 is 12.7 Å². The molecule has 5 aliphatic rings. The van der Waals surface area contributed by atoms with E-state index in [1.54, 1.807) is 12.0 Å². The number of allylic oxidation sites excluding steroid dienone is 1. The zero-order valence-electron chi connectivity index (χ0n) is 23.7. The van der Waals surface area contributed by atoms with Crippen LogP contribution in [-0.4, -0.2) is 123 Å². The van der Waals surface area contributed by atoms with Crippen molar-refractivity contribution in [1.82, 2.24) is 14.7 Å². The van der Waals surface area contributed by atoms with Crippen molar-refractivity contribution in [3.8, 4) is 0 Å². The number of alkyl halides is 3. The summed E-state index contributed by atoms with van der Waals surface area (Å²) in [5.41, 5.74) is 0.646. The van der Waals surface area contributed by atoms with E-state index in [0.717, 1.165) is 25.8 Å². The molecule has 0 aromatic heterocycles. The second-order valence-electron chi connectivity index (χ2n) is 12.6. The number of methoxy groups -OCH3 is 1. The van der Waals surface area contributed by atoms with Gasteiger partial charge in [0, 0.05) is 46.4 Å². The highest BCUT2D eigenvalue weighted by Gasteiger charge is 2.72. The van der Waals surface area contributed by atoms with Gasteiger partial charge in [-0.2, -0.15) is 13.2 Å². The van der Waals surface area contributed by atoms with Crippen molar-refractivity contribution in [2.45, 2.75) is 82.1 Å². The lowest BCUT2D eigenvalue weighted by Gasteiger charge is -2.45. The van der Waals surface area contributed by atoms with E-state index in [1.165, 1.54) is 10.5 Å². The molecule has 0 radical (unpaired) electrons. The molecule has 4 heterocycles. The molecule has 0 bridgehead atoms. The first-order valence-electron chi connectivity index (χ1n) is 14.4. The smallest absolute Gasteiger partial charge is 0.410 e. The largest absolute Gasteiger partial charge is 0.443 e. The third kappa shape index (κ3) is 6.58. The maximum atomic E-state index is 13.0. The summed E-state index contributed by atoms with van der Waals surface area (Å²) >= 11 is 0. The van der Waals surface area contributed by atoms with Crippen molar-refractivity contribution in [3.05, 3.63) is 11.6 Å². The molecule has 4 saturated heterocycles. The topological polar surface area (TPSA) is 70.3 Å². The summed E-state index contributed by atoms with van der Waals surface area (Å²) in [7, 11) is 1.68. The Morgan fingerprint density at radius 1 is 1.13 bits per heavy atom. The van der Waals surface area contributed by atoms with Gasteiger partial charge in [-0.15, -0.1) is 0 Å². The van der Waals surface area contributed by atoms with E-state index in [9.17, 15) is 18.0 Å². The summed E-state index contributed by atoms with van der Waals surface area (Å²) in [6, 6.07) is 0. The fourth-order valence-electron chi connectivity index (χ4n) is 6.97. The van der Waals surface area contributed by atoms with Crippen LogP contribution in [-0.2, 0) is 18.9 Å². The van der Waals surface area contributed by atoms with Gasteiger partial charge in [-0.05, 0) is 58.9 Å². The van der Waals surface area contributed by atoms with E-state index in [-0.39, 0.29) is 41.5 Å². The first-order valence-corrected chi connectivity index (χ1v) is 14.4. The van der Waals surface area contributed by atoms with E-state index in [0.29, 0.717) is 58.2 Å². The number of nitrogens with zero attached hydrogens (tertiary/aromatic N) is 3. The summed E-state index contributed by atoms with van der Waals surface area (Å²) in [5.74, 6) is 0.388. The Hall–Kier alpha value is -1.40. The Balaban J connectivity index is 1.06. The maximum absolute atomic E-state index is 13.0. The zero-order valence-corrected chi connectivity index (χ0v) is 23.7. The number of hydrogen-bond donors (Lipinski definition) is 0. The van der Waals surface area contributed by atoms with Crippen LogP contribution in [0.4, 0.5) is 18.0 Å². The standard InChI is InChI=1S/C28H44F3N3O5/c1-19(2)5-6-22-26(3,39-22)24-23(36-4)21(7-9-27(24)18-37-27)38-25(35)34-15-20(16-34)8-10-32-11-13-33(14-12-32)17-28(29,30)31/h5,20-24H,6-18H2,1-4H3/t21-,22-,23-,24-,26+,27+/m1/s1. The molecule has 39 heavy (non-hydrogen) atoms. The highest BCUT2D eigenvalue weighted by molar-refractivity contribution is 5.69. The average Bonchev–Trinajstić information content (AvgIpc) is 3.75. The van der Waals surface area contributed by atoms with Crippen LogP contribution in [0.5, 0.6) is 0 Å². The third-order valence-electron chi connectivity index (χ3n) is 9.43. The molecule has 1 spiro atoms. The molecule has 5 rings (SSSR count). The monoisotopic (exact) mass is 559 g/mol. The average molecular weight is 560 g/mol. The zero-order chi connectivity index (χ0) is 28.0. The molecule has 11 heteroatoms. The molecule has 0 unspecified atom stereocenters. The number of carbonyl (C=O) groups excluding carboxylic acids is 1. The van der Waals surface area contributed by atoms with Crippen LogP contribution >= 0.6 is 0 Å². The molecule has 1 saturated carbocycles. The molecule has 0 N–H and O–H groups in total. The number of epoxide rings is 2. The second-order valence-corrected chi connectivity index (χ2v) is 12.6. The molecule has 4 aliphatic heterocycles. The number of carbonyl (C=O) groups is 1. The molecule has 6 atom stereocenters. The van der Waals surface area contributed by atoms with Gasteiger partial charge in [-0.1, -0.05) is 11.6 Å². The Morgan fingerprint density at radius 3 is 2.38 bits per heavy atom. The lowest BCUT2D eigenvalue weighted by Crippen LogP contribution is -2.58. The van der Waals surface area contributed by atoms with Crippen molar-refractivity contribution in [3.63, 3.8) is 0 Å². The minimum absolute atomic E-state index is 0.00199. The van der Waals surface area contributed by atoms with E-state index in [4.69, 9.17) is 18.9 Å². The highest BCUT2D eigenvalue weighted by atomic mass is 19.4. The lowest BCUT2D eigenvalue weighted by atomic mass is 9.68. The number of ether oxygens (including phenoxy) is 4. The molecule has 5 fully saturated rings. The minimum atomic E-state index is -4.14. The van der Waals surface area contributed by atoms with Crippen LogP contribution in [0.2, 0.25) is 0 Å². The summed E-state index contributed by atoms with van der Waals surface area (Å²) in [5, 5.41) is 0. The van der Waals surface area contributed by atoms with Gasteiger partial charge in [-0.25, -0.2) is 4.79 Å².